The van der Waals surface area contributed by atoms with Crippen molar-refractivity contribution in [1.82, 2.24) is 5.32 Å². The van der Waals surface area contributed by atoms with Crippen molar-refractivity contribution in [3.63, 3.8) is 0 Å². The molecule has 1 atom stereocenters. The van der Waals surface area contributed by atoms with E-state index >= 15 is 0 Å². The number of phenolic OH excluding ortho intramolecular Hbond substituents is 1. The maximum Gasteiger partial charge on any atom is 0.328 e. The number of ether oxygens (including phenoxy) is 1. The second-order valence-electron chi connectivity index (χ2n) is 5.12. The van der Waals surface area contributed by atoms with Gasteiger partial charge in [-0.1, -0.05) is 19.1 Å². The summed E-state index contributed by atoms with van der Waals surface area (Å²) in [7, 11) is 0. The van der Waals surface area contributed by atoms with Gasteiger partial charge in [-0.25, -0.2) is 4.79 Å². The summed E-state index contributed by atoms with van der Waals surface area (Å²) in [4.78, 5) is 12.1. The zero-order valence-corrected chi connectivity index (χ0v) is 11.4. The van der Waals surface area contributed by atoms with Crippen molar-refractivity contribution in [2.24, 2.45) is 0 Å². The van der Waals surface area contributed by atoms with E-state index in [0.717, 1.165) is 5.56 Å². The minimum Gasteiger partial charge on any atom is -0.508 e. The lowest BCUT2D eigenvalue weighted by molar-refractivity contribution is -0.157. The molecule has 1 rings (SSSR count). The molecule has 0 aliphatic heterocycles. The Morgan fingerprint density at radius 3 is 2.33 bits per heavy atom. The molecule has 1 aromatic carbocycles. The van der Waals surface area contributed by atoms with Gasteiger partial charge in [0.15, 0.2) is 0 Å². The minimum atomic E-state index is -0.512. The molecule has 18 heavy (non-hydrogen) atoms. The second kappa shape index (κ2) is 5.87. The van der Waals surface area contributed by atoms with Crippen molar-refractivity contribution in [2.75, 3.05) is 6.54 Å². The maximum absolute atomic E-state index is 12.1. The van der Waals surface area contributed by atoms with E-state index in [2.05, 4.69) is 5.32 Å². The fourth-order valence-corrected chi connectivity index (χ4v) is 1.57. The largest absolute Gasteiger partial charge is 0.508 e. The van der Waals surface area contributed by atoms with E-state index in [9.17, 15) is 9.90 Å². The van der Waals surface area contributed by atoms with Gasteiger partial charge in [0.2, 0.25) is 0 Å². The topological polar surface area (TPSA) is 58.6 Å². The van der Waals surface area contributed by atoms with Gasteiger partial charge >= 0.3 is 5.97 Å². The summed E-state index contributed by atoms with van der Waals surface area (Å²) in [5, 5.41) is 12.3. The van der Waals surface area contributed by atoms with E-state index in [1.807, 2.05) is 27.7 Å². The molecule has 0 radical (unpaired) electrons. The van der Waals surface area contributed by atoms with Gasteiger partial charge in [-0.3, -0.25) is 0 Å². The second-order valence-corrected chi connectivity index (χ2v) is 5.12. The zero-order valence-electron chi connectivity index (χ0n) is 11.4. The standard InChI is InChI=1S/C14H21NO3/c1-5-15-12(13(17)18-14(2,3)4)10-6-8-11(16)9-7-10/h6-9,12,15-16H,5H2,1-4H3. The van der Waals surface area contributed by atoms with Crippen LogP contribution in [0.15, 0.2) is 24.3 Å². The van der Waals surface area contributed by atoms with Gasteiger partial charge in [0, 0.05) is 0 Å². The molecule has 0 saturated heterocycles. The fourth-order valence-electron chi connectivity index (χ4n) is 1.57. The van der Waals surface area contributed by atoms with Gasteiger partial charge in [-0.15, -0.1) is 0 Å². The Labute approximate surface area is 108 Å². The normalized spacial score (nSPS) is 13.1. The molecule has 0 fully saturated rings. The Kier molecular flexibility index (Phi) is 4.73. The summed E-state index contributed by atoms with van der Waals surface area (Å²) in [6.07, 6.45) is 0. The van der Waals surface area contributed by atoms with Gasteiger partial charge in [0.1, 0.15) is 17.4 Å². The van der Waals surface area contributed by atoms with Crippen LogP contribution in [0, 0.1) is 0 Å². The third-order valence-electron chi connectivity index (χ3n) is 2.28. The molecule has 1 unspecified atom stereocenters. The van der Waals surface area contributed by atoms with Crippen LogP contribution >= 0.6 is 0 Å². The molecular formula is C14H21NO3. The number of benzene rings is 1. The molecule has 0 bridgehead atoms. The highest BCUT2D eigenvalue weighted by Gasteiger charge is 2.25. The first-order valence-electron chi connectivity index (χ1n) is 6.08. The quantitative estimate of drug-likeness (QED) is 0.807. The summed E-state index contributed by atoms with van der Waals surface area (Å²) in [5.74, 6) is -0.131. The lowest BCUT2D eigenvalue weighted by Gasteiger charge is -2.24. The van der Waals surface area contributed by atoms with Crippen LogP contribution in [0.5, 0.6) is 5.75 Å². The predicted molar refractivity (Wildman–Crippen MR) is 70.4 cm³/mol. The number of aromatic hydroxyl groups is 1. The molecule has 0 saturated carbocycles. The van der Waals surface area contributed by atoms with E-state index in [1.165, 1.54) is 0 Å². The van der Waals surface area contributed by atoms with Crippen molar-refractivity contribution in [1.29, 1.82) is 0 Å². The highest BCUT2D eigenvalue weighted by Crippen LogP contribution is 2.20. The van der Waals surface area contributed by atoms with Crippen LogP contribution in [0.25, 0.3) is 0 Å². The zero-order chi connectivity index (χ0) is 13.8. The van der Waals surface area contributed by atoms with E-state index in [1.54, 1.807) is 24.3 Å². The molecule has 2 N–H and O–H groups in total. The van der Waals surface area contributed by atoms with Gasteiger partial charge in [0.25, 0.3) is 0 Å². The van der Waals surface area contributed by atoms with Gasteiger partial charge in [0.05, 0.1) is 0 Å². The molecule has 4 heteroatoms. The lowest BCUT2D eigenvalue weighted by atomic mass is 10.1. The molecule has 100 valence electrons. The van der Waals surface area contributed by atoms with E-state index in [-0.39, 0.29) is 11.7 Å². The SMILES string of the molecule is CCNC(C(=O)OC(C)(C)C)c1ccc(O)cc1. The summed E-state index contributed by atoms with van der Waals surface area (Å²) < 4.78 is 5.37. The lowest BCUT2D eigenvalue weighted by Crippen LogP contribution is -2.34. The number of phenols is 1. The number of rotatable bonds is 4. The Bertz CT molecular complexity index is 392. The molecular weight excluding hydrogens is 230 g/mol. The first kappa shape index (κ1) is 14.5. The Morgan fingerprint density at radius 1 is 1.33 bits per heavy atom. The van der Waals surface area contributed by atoms with Crippen molar-refractivity contribution < 1.29 is 14.6 Å². The summed E-state index contributed by atoms with van der Waals surface area (Å²) >= 11 is 0. The highest BCUT2D eigenvalue weighted by atomic mass is 16.6. The Hall–Kier alpha value is -1.55. The Balaban J connectivity index is 2.88. The number of esters is 1. The first-order chi connectivity index (χ1) is 8.33. The maximum atomic E-state index is 12.1. The van der Waals surface area contributed by atoms with Crippen LogP contribution < -0.4 is 5.32 Å². The van der Waals surface area contributed by atoms with Gasteiger partial charge < -0.3 is 15.2 Å². The minimum absolute atomic E-state index is 0.179. The summed E-state index contributed by atoms with van der Waals surface area (Å²) in [6.45, 7) is 8.10. The first-order valence-corrected chi connectivity index (χ1v) is 6.08. The molecule has 0 aliphatic rings. The summed E-state index contributed by atoms with van der Waals surface area (Å²) in [6, 6.07) is 6.04. The highest BCUT2D eigenvalue weighted by molar-refractivity contribution is 5.78. The molecule has 0 aromatic heterocycles. The van der Waals surface area contributed by atoms with Crippen LogP contribution in [0.4, 0.5) is 0 Å². The van der Waals surface area contributed by atoms with Crippen LogP contribution in [0.2, 0.25) is 0 Å². The van der Waals surface area contributed by atoms with Crippen LogP contribution in [-0.4, -0.2) is 23.2 Å². The smallest absolute Gasteiger partial charge is 0.328 e. The number of carbonyl (C=O) groups is 1. The van der Waals surface area contributed by atoms with Gasteiger partial charge in [-0.2, -0.15) is 0 Å². The summed E-state index contributed by atoms with van der Waals surface area (Å²) in [5.41, 5.74) is 0.269. The monoisotopic (exact) mass is 251 g/mol. The molecule has 0 spiro atoms. The number of nitrogens with one attached hydrogen (secondary N) is 1. The molecule has 4 nitrogen and oxygen atoms in total. The number of hydrogen-bond acceptors (Lipinski definition) is 4. The van der Waals surface area contributed by atoms with Crippen LogP contribution in [0.3, 0.4) is 0 Å². The molecule has 0 amide bonds. The Morgan fingerprint density at radius 2 is 1.89 bits per heavy atom. The van der Waals surface area contributed by atoms with Crippen LogP contribution in [-0.2, 0) is 9.53 Å². The fraction of sp³-hybridized carbons (Fsp3) is 0.500. The van der Waals surface area contributed by atoms with Crippen molar-refractivity contribution >= 4 is 5.97 Å². The molecule has 0 aliphatic carbocycles. The molecule has 0 heterocycles. The average Bonchev–Trinajstić information content (AvgIpc) is 2.25. The van der Waals surface area contributed by atoms with Gasteiger partial charge in [-0.05, 0) is 45.0 Å². The number of likely N-dealkylation sites (N-methyl/N-ethyl adjacent to an activating group) is 1. The average molecular weight is 251 g/mol. The van der Waals surface area contributed by atoms with E-state index in [4.69, 9.17) is 4.74 Å². The van der Waals surface area contributed by atoms with Crippen molar-refractivity contribution in [3.8, 4) is 5.75 Å². The number of hydrogen-bond donors (Lipinski definition) is 2. The van der Waals surface area contributed by atoms with Crippen LogP contribution in [0.1, 0.15) is 39.3 Å². The molecule has 1 aromatic rings. The van der Waals surface area contributed by atoms with Crippen molar-refractivity contribution in [3.05, 3.63) is 29.8 Å². The van der Waals surface area contributed by atoms with E-state index < -0.39 is 11.6 Å². The third-order valence-corrected chi connectivity index (χ3v) is 2.28. The van der Waals surface area contributed by atoms with Crippen molar-refractivity contribution in [2.45, 2.75) is 39.3 Å². The predicted octanol–water partition coefficient (Wildman–Crippen LogP) is 2.38. The third kappa shape index (κ3) is 4.37. The number of carbonyl (C=O) groups excluding carboxylic acids is 1. The van der Waals surface area contributed by atoms with E-state index in [0.29, 0.717) is 6.54 Å².